The molecular weight excluding hydrogens is 168 g/mol. The average Bonchev–Trinajstić information content (AvgIpc) is 2.06. The molecule has 1 heterocycles. The molecule has 2 N–H and O–H groups in total. The Labute approximate surface area is 76.0 Å². The first-order valence-electron chi connectivity index (χ1n) is 4.05. The van der Waals surface area contributed by atoms with E-state index in [1.54, 1.807) is 12.3 Å². The summed E-state index contributed by atoms with van der Waals surface area (Å²) < 4.78 is 1.49. The minimum Gasteiger partial charge on any atom is -0.370 e. The third-order valence-corrected chi connectivity index (χ3v) is 1.73. The molecule has 4 heteroatoms. The van der Waals surface area contributed by atoms with Crippen LogP contribution in [0.1, 0.15) is 12.0 Å². The number of rotatable bonds is 3. The average molecular weight is 180 g/mol. The van der Waals surface area contributed by atoms with E-state index in [0.717, 1.165) is 5.56 Å². The SMILES string of the molecule is Cc1ccc(=O)n(CCC(N)=O)c1. The highest BCUT2D eigenvalue weighted by Crippen LogP contribution is 1.93. The lowest BCUT2D eigenvalue weighted by Gasteiger charge is -2.03. The van der Waals surface area contributed by atoms with Crippen molar-refractivity contribution in [1.82, 2.24) is 4.57 Å². The topological polar surface area (TPSA) is 65.1 Å². The van der Waals surface area contributed by atoms with Crippen LogP contribution in [0.5, 0.6) is 0 Å². The molecule has 0 spiro atoms. The summed E-state index contributed by atoms with van der Waals surface area (Å²) in [7, 11) is 0. The van der Waals surface area contributed by atoms with Crippen LogP contribution in [-0.2, 0) is 11.3 Å². The molecule has 0 radical (unpaired) electrons. The number of aromatic nitrogens is 1. The zero-order valence-corrected chi connectivity index (χ0v) is 7.49. The van der Waals surface area contributed by atoms with Gasteiger partial charge in [0.25, 0.3) is 5.56 Å². The molecule has 0 saturated heterocycles. The van der Waals surface area contributed by atoms with Crippen molar-refractivity contribution in [2.75, 3.05) is 0 Å². The van der Waals surface area contributed by atoms with Gasteiger partial charge in [-0.2, -0.15) is 0 Å². The third kappa shape index (κ3) is 2.74. The Kier molecular flexibility index (Phi) is 2.84. The Morgan fingerprint density at radius 2 is 2.23 bits per heavy atom. The Hall–Kier alpha value is -1.58. The summed E-state index contributed by atoms with van der Waals surface area (Å²) in [6.07, 6.45) is 1.91. The second-order valence-corrected chi connectivity index (χ2v) is 2.95. The van der Waals surface area contributed by atoms with E-state index < -0.39 is 5.91 Å². The molecular formula is C9H12N2O2. The Morgan fingerprint density at radius 1 is 1.54 bits per heavy atom. The van der Waals surface area contributed by atoms with Crippen molar-refractivity contribution in [3.63, 3.8) is 0 Å². The van der Waals surface area contributed by atoms with Crippen LogP contribution < -0.4 is 11.3 Å². The Bertz CT molecular complexity index is 368. The normalized spacial score (nSPS) is 9.92. The quantitative estimate of drug-likeness (QED) is 0.713. The van der Waals surface area contributed by atoms with Gasteiger partial charge in [0, 0.05) is 25.2 Å². The first kappa shape index (κ1) is 9.51. The maximum atomic E-state index is 11.2. The molecule has 0 unspecified atom stereocenters. The highest BCUT2D eigenvalue weighted by molar-refractivity contribution is 5.73. The molecule has 70 valence electrons. The van der Waals surface area contributed by atoms with Crippen molar-refractivity contribution < 1.29 is 4.79 Å². The third-order valence-electron chi connectivity index (χ3n) is 1.73. The lowest BCUT2D eigenvalue weighted by Crippen LogP contribution is -2.22. The molecule has 1 rings (SSSR count). The van der Waals surface area contributed by atoms with Gasteiger partial charge in [-0.1, -0.05) is 6.07 Å². The molecule has 0 aliphatic heterocycles. The van der Waals surface area contributed by atoms with Crippen molar-refractivity contribution in [2.24, 2.45) is 5.73 Å². The predicted octanol–water partition coefficient (Wildman–Crippen LogP) is 0.0321. The van der Waals surface area contributed by atoms with Crippen LogP contribution in [0, 0.1) is 6.92 Å². The van der Waals surface area contributed by atoms with E-state index in [4.69, 9.17) is 5.73 Å². The highest BCUT2D eigenvalue weighted by Gasteiger charge is 1.98. The molecule has 1 aromatic heterocycles. The van der Waals surface area contributed by atoms with Crippen molar-refractivity contribution in [3.05, 3.63) is 34.2 Å². The maximum Gasteiger partial charge on any atom is 0.250 e. The second-order valence-electron chi connectivity index (χ2n) is 2.95. The van der Waals surface area contributed by atoms with E-state index >= 15 is 0 Å². The number of carbonyl (C=O) groups excluding carboxylic acids is 1. The van der Waals surface area contributed by atoms with Crippen LogP contribution in [0.25, 0.3) is 0 Å². The van der Waals surface area contributed by atoms with Gasteiger partial charge < -0.3 is 10.3 Å². The zero-order chi connectivity index (χ0) is 9.84. The number of hydrogen-bond donors (Lipinski definition) is 1. The van der Waals surface area contributed by atoms with Crippen LogP contribution in [0.3, 0.4) is 0 Å². The fourth-order valence-electron chi connectivity index (χ4n) is 1.06. The molecule has 0 saturated carbocycles. The Morgan fingerprint density at radius 3 is 2.85 bits per heavy atom. The molecule has 0 fully saturated rings. The molecule has 0 aliphatic rings. The minimum absolute atomic E-state index is 0.105. The summed E-state index contributed by atoms with van der Waals surface area (Å²) in [5.74, 6) is -0.395. The molecule has 1 aromatic rings. The summed E-state index contributed by atoms with van der Waals surface area (Å²) >= 11 is 0. The number of aryl methyl sites for hydroxylation is 2. The molecule has 4 nitrogen and oxygen atoms in total. The molecule has 1 amide bonds. The number of primary amides is 1. The van der Waals surface area contributed by atoms with E-state index in [9.17, 15) is 9.59 Å². The molecule has 0 aliphatic carbocycles. The van der Waals surface area contributed by atoms with Gasteiger partial charge in [0.15, 0.2) is 0 Å². The van der Waals surface area contributed by atoms with Crippen LogP contribution >= 0.6 is 0 Å². The van der Waals surface area contributed by atoms with Gasteiger partial charge in [0.1, 0.15) is 0 Å². The van der Waals surface area contributed by atoms with Gasteiger partial charge in [0.2, 0.25) is 5.91 Å². The van der Waals surface area contributed by atoms with Crippen LogP contribution in [0.15, 0.2) is 23.1 Å². The fourth-order valence-corrected chi connectivity index (χ4v) is 1.06. The maximum absolute atomic E-state index is 11.2. The van der Waals surface area contributed by atoms with Crippen LogP contribution in [0.4, 0.5) is 0 Å². The summed E-state index contributed by atoms with van der Waals surface area (Å²) in [6, 6.07) is 3.22. The first-order chi connectivity index (χ1) is 6.09. The predicted molar refractivity (Wildman–Crippen MR) is 49.3 cm³/mol. The van der Waals surface area contributed by atoms with Crippen molar-refractivity contribution in [1.29, 1.82) is 0 Å². The van der Waals surface area contributed by atoms with E-state index in [2.05, 4.69) is 0 Å². The number of hydrogen-bond acceptors (Lipinski definition) is 2. The molecule has 13 heavy (non-hydrogen) atoms. The fraction of sp³-hybridized carbons (Fsp3) is 0.333. The summed E-state index contributed by atoms with van der Waals surface area (Å²) in [5.41, 5.74) is 5.86. The number of carbonyl (C=O) groups is 1. The van der Waals surface area contributed by atoms with Gasteiger partial charge in [-0.05, 0) is 12.5 Å². The highest BCUT2D eigenvalue weighted by atomic mass is 16.1. The van der Waals surface area contributed by atoms with Gasteiger partial charge in [-0.15, -0.1) is 0 Å². The smallest absolute Gasteiger partial charge is 0.250 e. The van der Waals surface area contributed by atoms with E-state index in [-0.39, 0.29) is 12.0 Å². The largest absolute Gasteiger partial charge is 0.370 e. The van der Waals surface area contributed by atoms with Gasteiger partial charge >= 0.3 is 0 Å². The number of nitrogens with two attached hydrogens (primary N) is 1. The van der Waals surface area contributed by atoms with Crippen molar-refractivity contribution in [3.8, 4) is 0 Å². The standard InChI is InChI=1S/C9H12N2O2/c1-7-2-3-9(13)11(6-7)5-4-8(10)12/h2-3,6H,4-5H2,1H3,(H2,10,12). The zero-order valence-electron chi connectivity index (χ0n) is 7.49. The number of pyridine rings is 1. The summed E-state index contributed by atoms with van der Waals surface area (Å²) in [6.45, 7) is 2.25. The minimum atomic E-state index is -0.395. The van der Waals surface area contributed by atoms with Crippen molar-refractivity contribution >= 4 is 5.91 Å². The summed E-state index contributed by atoms with van der Waals surface area (Å²) in [5, 5.41) is 0. The second kappa shape index (κ2) is 3.89. The molecule has 0 aromatic carbocycles. The Balaban J connectivity index is 2.82. The first-order valence-corrected chi connectivity index (χ1v) is 4.05. The van der Waals surface area contributed by atoms with E-state index in [1.165, 1.54) is 10.6 Å². The van der Waals surface area contributed by atoms with Gasteiger partial charge in [-0.25, -0.2) is 0 Å². The van der Waals surface area contributed by atoms with E-state index in [1.807, 2.05) is 6.92 Å². The number of amides is 1. The van der Waals surface area contributed by atoms with Gasteiger partial charge in [0.05, 0.1) is 0 Å². The van der Waals surface area contributed by atoms with Gasteiger partial charge in [-0.3, -0.25) is 9.59 Å². The van der Waals surface area contributed by atoms with Crippen molar-refractivity contribution in [2.45, 2.75) is 19.9 Å². The monoisotopic (exact) mass is 180 g/mol. The lowest BCUT2D eigenvalue weighted by atomic mass is 10.3. The molecule has 0 bridgehead atoms. The molecule has 0 atom stereocenters. The lowest BCUT2D eigenvalue weighted by molar-refractivity contribution is -0.118. The van der Waals surface area contributed by atoms with Crippen LogP contribution in [-0.4, -0.2) is 10.5 Å². The van der Waals surface area contributed by atoms with Crippen LogP contribution in [0.2, 0.25) is 0 Å². The summed E-state index contributed by atoms with van der Waals surface area (Å²) in [4.78, 5) is 21.7. The number of nitrogens with zero attached hydrogens (tertiary/aromatic N) is 1. The van der Waals surface area contributed by atoms with E-state index in [0.29, 0.717) is 6.54 Å².